The number of alkyl halides is 20. The van der Waals surface area contributed by atoms with E-state index in [1.165, 1.54) is 0 Å². The van der Waals surface area contributed by atoms with E-state index in [-0.39, 0.29) is 60.0 Å². The van der Waals surface area contributed by atoms with Crippen LogP contribution in [-0.4, -0.2) is 65.1 Å². The Morgan fingerprint density at radius 3 is 0.273 bits per heavy atom. The van der Waals surface area contributed by atoms with E-state index in [1.54, 1.807) is 6.92 Å². The summed E-state index contributed by atoms with van der Waals surface area (Å²) in [6.07, 6.45) is 0. The van der Waals surface area contributed by atoms with E-state index >= 15 is 0 Å². The summed E-state index contributed by atoms with van der Waals surface area (Å²) in [5.41, 5.74) is 0. The smallest absolute Gasteiger partial charge is 0.0967 e. The molecule has 0 saturated heterocycles. The van der Waals surface area contributed by atoms with Crippen LogP contribution in [-0.2, 0) is 0 Å². The molecule has 0 spiro atoms. The van der Waals surface area contributed by atoms with E-state index in [2.05, 4.69) is 0 Å². The van der Waals surface area contributed by atoms with Gasteiger partial charge in [-0.3, -0.25) is 0 Å². The Labute approximate surface area is 300 Å². The monoisotopic (exact) mass is 886 g/mol. The topological polar surface area (TPSA) is 20.2 Å². The molecule has 0 atom stereocenters. The fourth-order valence-electron chi connectivity index (χ4n) is 0. The zero-order chi connectivity index (χ0) is 29.8. The largest absolute Gasteiger partial charge is 0.397 e. The fourth-order valence-corrected chi connectivity index (χ4v) is 0. The van der Waals surface area contributed by atoms with Gasteiger partial charge < -0.3 is 5.11 Å². The Balaban J connectivity index is -0.0000000179. The van der Waals surface area contributed by atoms with Crippen LogP contribution in [0.2, 0.25) is 0 Å². The van der Waals surface area contributed by atoms with Gasteiger partial charge in [-0.2, -0.15) is 0 Å². The highest BCUT2D eigenvalue weighted by Gasteiger charge is 1.44. The van der Waals surface area contributed by atoms with Crippen molar-refractivity contribution < 1.29 is 5.11 Å². The lowest BCUT2D eigenvalue weighted by Crippen LogP contribution is -1.57. The van der Waals surface area contributed by atoms with Crippen molar-refractivity contribution in [3.8, 4) is 0 Å². The molecular weight excluding hydrogens is 869 g/mol. The fraction of sp³-hybridized carbons (Fsp3) is 1.00. The number of aliphatic hydroxyl groups excluding tert-OH is 1. The average molecular weight is 895 g/mol. The number of hydrogen-bond donors (Lipinski definition) is 1. The second kappa shape index (κ2) is 182. The minimum Gasteiger partial charge on any atom is -0.397 e. The van der Waals surface area contributed by atoms with Gasteiger partial charge in [0, 0.05) is 6.61 Å². The SMILES string of the molecule is CCO.ClCCl.ClCCl.ClCCl.ClCCl.ClCCl.ClCCl.ClCCl.ClCCl.ClCCl.ClCCl. The Kier molecular flexibility index (Phi) is 395. The van der Waals surface area contributed by atoms with Crippen LogP contribution in [0.15, 0.2) is 0 Å². The van der Waals surface area contributed by atoms with E-state index < -0.39 is 0 Å². The quantitative estimate of drug-likeness (QED) is 0.240. The molecule has 0 aromatic carbocycles. The molecule has 0 unspecified atom stereocenters. The van der Waals surface area contributed by atoms with Gasteiger partial charge in [0.15, 0.2) is 0 Å². The normalized spacial score (nSPS) is 6.00. The molecule has 0 rings (SSSR count). The molecule has 0 aliphatic rings. The van der Waals surface area contributed by atoms with Gasteiger partial charge in [0.1, 0.15) is 0 Å². The minimum absolute atomic E-state index is 0.194. The van der Waals surface area contributed by atoms with E-state index in [9.17, 15) is 0 Å². The summed E-state index contributed by atoms with van der Waals surface area (Å²) in [6.45, 7) is 1.93. The molecule has 0 aliphatic carbocycles. The molecule has 220 valence electrons. The predicted molar refractivity (Wildman–Crippen MR) is 178 cm³/mol. The third-order valence-electron chi connectivity index (χ3n) is 0. The van der Waals surface area contributed by atoms with Gasteiger partial charge in [0.25, 0.3) is 0 Å². The average Bonchev–Trinajstić information content (AvgIpc) is 2.68. The summed E-state index contributed by atoms with van der Waals surface area (Å²) >= 11 is 95.3. The molecule has 0 radical (unpaired) electrons. The summed E-state index contributed by atoms with van der Waals surface area (Å²) in [7, 11) is 0. The summed E-state index contributed by atoms with van der Waals surface area (Å²) in [5, 5.41) is 9.51. The van der Waals surface area contributed by atoms with E-state index in [4.69, 9.17) is 237 Å². The van der Waals surface area contributed by atoms with Gasteiger partial charge in [0.2, 0.25) is 0 Å². The first-order valence-corrected chi connectivity index (χ1v) is 17.1. The van der Waals surface area contributed by atoms with E-state index in [0.717, 1.165) is 0 Å². The molecule has 0 heterocycles. The molecule has 0 bridgehead atoms. The van der Waals surface area contributed by atoms with Gasteiger partial charge in [0.05, 0.1) is 53.4 Å². The maximum absolute atomic E-state index is 7.57. The van der Waals surface area contributed by atoms with Crippen LogP contribution in [0, 0.1) is 0 Å². The standard InChI is InChI=1S/C2H6O.10CH2Cl2/c1-2-3;10*2-1-3/h3H,2H2,1H3;10*1H2. The highest BCUT2D eigenvalue weighted by atomic mass is 35.6. The molecule has 0 aromatic rings. The summed E-state index contributed by atoms with van der Waals surface area (Å²) in [6, 6.07) is 0. The van der Waals surface area contributed by atoms with Crippen LogP contribution >= 0.6 is 232 Å². The zero-order valence-electron chi connectivity index (χ0n) is 16.8. The van der Waals surface area contributed by atoms with Gasteiger partial charge in [-0.25, -0.2) is 0 Å². The first-order valence-electron chi connectivity index (χ1n) is 6.37. The third-order valence-corrected chi connectivity index (χ3v) is 0. The lowest BCUT2D eigenvalue weighted by atomic mass is 10.9. The first-order chi connectivity index (χ1) is 15.6. The third kappa shape index (κ3) is 1460. The molecule has 1 N–H and O–H groups in total. The van der Waals surface area contributed by atoms with Crippen molar-refractivity contribution >= 4 is 232 Å². The summed E-state index contributed by atoms with van der Waals surface area (Å²) in [5.74, 6) is 0. The second-order valence-electron chi connectivity index (χ2n) is 1.33. The van der Waals surface area contributed by atoms with Crippen molar-refractivity contribution in [2.75, 3.05) is 60.0 Å². The van der Waals surface area contributed by atoms with Crippen LogP contribution in [0.1, 0.15) is 6.92 Å². The van der Waals surface area contributed by atoms with Crippen molar-refractivity contribution in [2.45, 2.75) is 6.92 Å². The van der Waals surface area contributed by atoms with Gasteiger partial charge in [-0.1, -0.05) is 0 Å². The number of rotatable bonds is 0. The van der Waals surface area contributed by atoms with Crippen LogP contribution in [0.3, 0.4) is 0 Å². The molecule has 33 heavy (non-hydrogen) atoms. The highest BCUT2D eigenvalue weighted by molar-refractivity contribution is 6.43. The number of aliphatic hydroxyl groups is 1. The Morgan fingerprint density at radius 1 is 0.273 bits per heavy atom. The summed E-state index contributed by atoms with van der Waals surface area (Å²) in [4.78, 5) is 0. The Hall–Kier alpha value is 5.76. The minimum atomic E-state index is 0.194. The van der Waals surface area contributed by atoms with Crippen molar-refractivity contribution in [3.05, 3.63) is 0 Å². The van der Waals surface area contributed by atoms with Crippen molar-refractivity contribution in [1.82, 2.24) is 0 Å². The molecule has 0 aliphatic heterocycles. The van der Waals surface area contributed by atoms with Crippen LogP contribution < -0.4 is 0 Å². The van der Waals surface area contributed by atoms with Crippen LogP contribution in [0.5, 0.6) is 0 Å². The maximum atomic E-state index is 7.57. The van der Waals surface area contributed by atoms with Gasteiger partial charge in [-0.15, -0.1) is 232 Å². The number of halogens is 20. The van der Waals surface area contributed by atoms with Crippen molar-refractivity contribution in [2.24, 2.45) is 0 Å². The molecule has 0 amide bonds. The van der Waals surface area contributed by atoms with Crippen molar-refractivity contribution in [3.63, 3.8) is 0 Å². The van der Waals surface area contributed by atoms with Gasteiger partial charge >= 0.3 is 0 Å². The second-order valence-corrected chi connectivity index (χ2v) is 9.41. The molecule has 21 heteroatoms. The van der Waals surface area contributed by atoms with Crippen LogP contribution in [0.25, 0.3) is 0 Å². The summed E-state index contributed by atoms with van der Waals surface area (Å²) < 4.78 is 0. The predicted octanol–water partition coefficient (Wildman–Crippen LogP) is 14.2. The van der Waals surface area contributed by atoms with Crippen molar-refractivity contribution in [1.29, 1.82) is 0 Å². The van der Waals surface area contributed by atoms with Crippen LogP contribution in [0.4, 0.5) is 0 Å². The lowest BCUT2D eigenvalue weighted by molar-refractivity contribution is 0.318. The molecule has 0 saturated carbocycles. The molecule has 0 fully saturated rings. The van der Waals surface area contributed by atoms with E-state index in [1.807, 2.05) is 0 Å². The maximum Gasteiger partial charge on any atom is 0.0967 e. The molecule has 1 nitrogen and oxygen atoms in total. The Morgan fingerprint density at radius 2 is 0.273 bits per heavy atom. The first kappa shape index (κ1) is 71.7. The van der Waals surface area contributed by atoms with E-state index in [0.29, 0.717) is 0 Å². The van der Waals surface area contributed by atoms with Gasteiger partial charge in [-0.05, 0) is 6.92 Å². The molecule has 0 aromatic heterocycles. The molecular formula is C12H26Cl20O. The Bertz CT molecular complexity index is 75.1. The number of hydrogen-bond acceptors (Lipinski definition) is 1. The zero-order valence-corrected chi connectivity index (χ0v) is 31.9. The highest BCUT2D eigenvalue weighted by Crippen LogP contribution is 1.75. The lowest BCUT2D eigenvalue weighted by Gasteiger charge is -1.52.